The molecule has 0 aliphatic heterocycles. The average Bonchev–Trinajstić information content (AvgIpc) is 3.30. The number of hydrogen-bond acceptors (Lipinski definition) is 5. The number of rotatable bonds is 8. The van der Waals surface area contributed by atoms with Gasteiger partial charge in [0.25, 0.3) is 0 Å². The highest BCUT2D eigenvalue weighted by Gasteiger charge is 2.10. The second-order valence-corrected chi connectivity index (χ2v) is 6.14. The first-order valence-corrected chi connectivity index (χ1v) is 8.97. The lowest BCUT2D eigenvalue weighted by atomic mass is 10.1. The molecule has 0 aliphatic rings. The maximum absolute atomic E-state index is 12.2. The van der Waals surface area contributed by atoms with Gasteiger partial charge in [-0.3, -0.25) is 4.79 Å². The quantitative estimate of drug-likeness (QED) is 0.595. The summed E-state index contributed by atoms with van der Waals surface area (Å²) >= 11 is 0. The van der Waals surface area contributed by atoms with Gasteiger partial charge >= 0.3 is 0 Å². The van der Waals surface area contributed by atoms with E-state index in [2.05, 4.69) is 10.3 Å². The van der Waals surface area contributed by atoms with Crippen molar-refractivity contribution in [2.75, 3.05) is 21.3 Å². The second kappa shape index (κ2) is 9.45. The molecule has 0 bridgehead atoms. The van der Waals surface area contributed by atoms with E-state index < -0.39 is 0 Å². The van der Waals surface area contributed by atoms with Crippen LogP contribution < -0.4 is 19.5 Å². The van der Waals surface area contributed by atoms with Crippen molar-refractivity contribution in [3.63, 3.8) is 0 Å². The van der Waals surface area contributed by atoms with Gasteiger partial charge in [0.15, 0.2) is 11.5 Å². The molecule has 0 fully saturated rings. The van der Waals surface area contributed by atoms with Gasteiger partial charge in [-0.15, -0.1) is 0 Å². The third kappa shape index (κ3) is 4.95. The van der Waals surface area contributed by atoms with Gasteiger partial charge in [-0.1, -0.05) is 12.1 Å². The van der Waals surface area contributed by atoms with Crippen molar-refractivity contribution in [3.05, 3.63) is 72.3 Å². The summed E-state index contributed by atoms with van der Waals surface area (Å²) in [7, 11) is 4.68. The number of amides is 1. The maximum atomic E-state index is 12.2. The number of carbonyl (C=O) groups excluding carboxylic acids is 1. The number of methoxy groups -OCH3 is 3. The predicted molar refractivity (Wildman–Crippen MR) is 111 cm³/mol. The molecule has 3 aromatic rings. The van der Waals surface area contributed by atoms with E-state index in [1.54, 1.807) is 52.1 Å². The molecule has 7 heteroatoms. The summed E-state index contributed by atoms with van der Waals surface area (Å²) in [6.07, 6.45) is 8.49. The fourth-order valence-corrected chi connectivity index (χ4v) is 2.79. The summed E-state index contributed by atoms with van der Waals surface area (Å²) < 4.78 is 17.9. The monoisotopic (exact) mass is 393 g/mol. The first-order valence-electron chi connectivity index (χ1n) is 8.97. The predicted octanol–water partition coefficient (Wildman–Crippen LogP) is 3.23. The summed E-state index contributed by atoms with van der Waals surface area (Å²) in [6, 6.07) is 11.4. The van der Waals surface area contributed by atoms with Crippen LogP contribution in [0.1, 0.15) is 11.1 Å². The number of carbonyl (C=O) groups is 1. The Morgan fingerprint density at radius 3 is 2.34 bits per heavy atom. The number of imidazole rings is 1. The lowest BCUT2D eigenvalue weighted by Gasteiger charge is -2.12. The minimum atomic E-state index is -0.208. The van der Waals surface area contributed by atoms with E-state index in [9.17, 15) is 4.79 Å². The largest absolute Gasteiger partial charge is 0.496 e. The number of nitrogens with one attached hydrogen (secondary N) is 1. The zero-order chi connectivity index (χ0) is 20.6. The number of ether oxygens (including phenoxy) is 3. The van der Waals surface area contributed by atoms with Gasteiger partial charge in [0.2, 0.25) is 5.91 Å². The van der Waals surface area contributed by atoms with Crippen molar-refractivity contribution >= 4 is 12.0 Å². The molecule has 1 aromatic heterocycles. The molecule has 0 unspecified atom stereocenters. The molecular weight excluding hydrogens is 370 g/mol. The topological polar surface area (TPSA) is 74.6 Å². The molecule has 29 heavy (non-hydrogen) atoms. The fourth-order valence-electron chi connectivity index (χ4n) is 2.79. The smallest absolute Gasteiger partial charge is 0.244 e. The van der Waals surface area contributed by atoms with Gasteiger partial charge in [-0.05, 0) is 29.8 Å². The third-order valence-electron chi connectivity index (χ3n) is 4.36. The SMILES string of the molecule is COc1cc(OC)c(OC)cc1/C=C/C(=O)NCc1ccc(-n2ccnc2)cc1. The summed E-state index contributed by atoms with van der Waals surface area (Å²) in [6.45, 7) is 0.427. The van der Waals surface area contributed by atoms with Crippen molar-refractivity contribution in [2.24, 2.45) is 0 Å². The fraction of sp³-hybridized carbons (Fsp3) is 0.182. The second-order valence-electron chi connectivity index (χ2n) is 6.14. The molecular formula is C22H23N3O4. The Morgan fingerprint density at radius 2 is 1.72 bits per heavy atom. The Balaban J connectivity index is 1.62. The van der Waals surface area contributed by atoms with E-state index >= 15 is 0 Å². The molecule has 0 aliphatic carbocycles. The number of nitrogens with zero attached hydrogens (tertiary/aromatic N) is 2. The van der Waals surface area contributed by atoms with Crippen LogP contribution in [-0.4, -0.2) is 36.8 Å². The molecule has 0 saturated heterocycles. The summed E-state index contributed by atoms with van der Waals surface area (Å²) in [4.78, 5) is 16.2. The number of hydrogen-bond donors (Lipinski definition) is 1. The van der Waals surface area contributed by atoms with Crippen LogP contribution in [0.3, 0.4) is 0 Å². The molecule has 1 heterocycles. The highest BCUT2D eigenvalue weighted by Crippen LogP contribution is 2.35. The van der Waals surface area contributed by atoms with Gasteiger partial charge in [-0.2, -0.15) is 0 Å². The van der Waals surface area contributed by atoms with Gasteiger partial charge in [0.05, 0.1) is 27.7 Å². The van der Waals surface area contributed by atoms with Crippen LogP contribution >= 0.6 is 0 Å². The van der Waals surface area contributed by atoms with E-state index in [1.165, 1.54) is 6.08 Å². The Kier molecular flexibility index (Phi) is 6.52. The molecule has 0 saturated carbocycles. The van der Waals surface area contributed by atoms with Crippen molar-refractivity contribution in [3.8, 4) is 22.9 Å². The van der Waals surface area contributed by atoms with E-state index in [1.807, 2.05) is 35.0 Å². The first-order chi connectivity index (χ1) is 14.1. The van der Waals surface area contributed by atoms with Crippen LogP contribution in [0.5, 0.6) is 17.2 Å². The normalized spacial score (nSPS) is 10.7. The van der Waals surface area contributed by atoms with E-state index in [0.717, 1.165) is 11.3 Å². The van der Waals surface area contributed by atoms with Crippen molar-refractivity contribution in [2.45, 2.75) is 6.54 Å². The van der Waals surface area contributed by atoms with Gasteiger partial charge in [-0.25, -0.2) is 4.98 Å². The minimum absolute atomic E-state index is 0.208. The molecule has 0 spiro atoms. The zero-order valence-corrected chi connectivity index (χ0v) is 16.6. The van der Waals surface area contributed by atoms with Gasteiger partial charge in [0, 0.05) is 42.3 Å². The molecule has 0 radical (unpaired) electrons. The average molecular weight is 393 g/mol. The first kappa shape index (κ1) is 20.0. The van der Waals surface area contributed by atoms with Crippen molar-refractivity contribution in [1.82, 2.24) is 14.9 Å². The van der Waals surface area contributed by atoms with Gasteiger partial charge < -0.3 is 24.1 Å². The van der Waals surface area contributed by atoms with E-state index in [4.69, 9.17) is 14.2 Å². The molecule has 0 atom stereocenters. The van der Waals surface area contributed by atoms with Crippen LogP contribution in [-0.2, 0) is 11.3 Å². The Bertz CT molecular complexity index is 980. The van der Waals surface area contributed by atoms with E-state index in [0.29, 0.717) is 29.4 Å². The molecule has 3 rings (SSSR count). The minimum Gasteiger partial charge on any atom is -0.496 e. The van der Waals surface area contributed by atoms with Crippen molar-refractivity contribution in [1.29, 1.82) is 0 Å². The Morgan fingerprint density at radius 1 is 1.03 bits per heavy atom. The van der Waals surface area contributed by atoms with Crippen LogP contribution in [0.25, 0.3) is 11.8 Å². The van der Waals surface area contributed by atoms with Crippen LogP contribution in [0.2, 0.25) is 0 Å². The zero-order valence-electron chi connectivity index (χ0n) is 16.6. The maximum Gasteiger partial charge on any atom is 0.244 e. The highest BCUT2D eigenvalue weighted by atomic mass is 16.5. The van der Waals surface area contributed by atoms with E-state index in [-0.39, 0.29) is 5.91 Å². The molecule has 1 N–H and O–H groups in total. The lowest BCUT2D eigenvalue weighted by molar-refractivity contribution is -0.116. The molecule has 1 amide bonds. The number of aromatic nitrogens is 2. The van der Waals surface area contributed by atoms with Gasteiger partial charge in [0.1, 0.15) is 5.75 Å². The van der Waals surface area contributed by atoms with Crippen LogP contribution in [0.4, 0.5) is 0 Å². The molecule has 2 aromatic carbocycles. The van der Waals surface area contributed by atoms with Crippen LogP contribution in [0.15, 0.2) is 61.2 Å². The van der Waals surface area contributed by atoms with Crippen LogP contribution in [0, 0.1) is 0 Å². The Labute approximate surface area is 169 Å². The lowest BCUT2D eigenvalue weighted by Crippen LogP contribution is -2.20. The highest BCUT2D eigenvalue weighted by molar-refractivity contribution is 5.92. The van der Waals surface area contributed by atoms with Crippen molar-refractivity contribution < 1.29 is 19.0 Å². The standard InChI is InChI=1S/C22H23N3O4/c1-27-19-13-21(29-3)20(28-2)12-17(19)6-9-22(26)24-14-16-4-7-18(8-5-16)25-11-10-23-15-25/h4-13,15H,14H2,1-3H3,(H,24,26)/b9-6+. The summed E-state index contributed by atoms with van der Waals surface area (Å²) in [5.41, 5.74) is 2.72. The summed E-state index contributed by atoms with van der Waals surface area (Å²) in [5.74, 6) is 1.50. The molecule has 7 nitrogen and oxygen atoms in total. The third-order valence-corrected chi connectivity index (χ3v) is 4.36. The molecule has 150 valence electrons. The number of benzene rings is 2. The summed E-state index contributed by atoms with van der Waals surface area (Å²) in [5, 5.41) is 2.87. The Hall–Kier alpha value is -3.74.